The fourth-order valence-corrected chi connectivity index (χ4v) is 8.32. The average molecular weight is 419 g/mol. The summed E-state index contributed by atoms with van der Waals surface area (Å²) in [4.78, 5) is 0. The molecule has 1 aliphatic heterocycles. The number of fused-ring (bicyclic) bond motifs is 6. The SMILES string of the molecule is C[Si]1(C)c2ccccc2-c2cc3c4cc(B(O)O)ccc4n(-c4ccccc4)c3cc21. The topological polar surface area (TPSA) is 45.4 Å². The van der Waals surface area contributed by atoms with E-state index >= 15 is 0 Å². The largest absolute Gasteiger partial charge is 0.488 e. The van der Waals surface area contributed by atoms with Gasteiger partial charge in [0.2, 0.25) is 0 Å². The molecule has 2 heterocycles. The number of benzene rings is 4. The lowest BCUT2D eigenvalue weighted by atomic mass is 9.80. The van der Waals surface area contributed by atoms with E-state index in [9.17, 15) is 10.0 Å². The molecule has 1 aromatic heterocycles. The predicted molar refractivity (Wildman–Crippen MR) is 133 cm³/mol. The maximum Gasteiger partial charge on any atom is 0.488 e. The fourth-order valence-electron chi connectivity index (χ4n) is 5.25. The lowest BCUT2D eigenvalue weighted by molar-refractivity contribution is 0.426. The summed E-state index contributed by atoms with van der Waals surface area (Å²) < 4.78 is 2.30. The Morgan fingerprint density at radius 3 is 2.16 bits per heavy atom. The zero-order valence-electron chi connectivity index (χ0n) is 17.5. The van der Waals surface area contributed by atoms with Crippen LogP contribution in [0.15, 0.2) is 84.9 Å². The highest BCUT2D eigenvalue weighted by molar-refractivity contribution is 7.04. The summed E-state index contributed by atoms with van der Waals surface area (Å²) in [6, 6.07) is 29.6. The molecule has 150 valence electrons. The highest BCUT2D eigenvalue weighted by Crippen LogP contribution is 2.37. The molecule has 1 aliphatic rings. The lowest BCUT2D eigenvalue weighted by Gasteiger charge is -2.19. The molecule has 4 aromatic carbocycles. The molecule has 0 radical (unpaired) electrons. The number of hydrogen-bond acceptors (Lipinski definition) is 2. The summed E-state index contributed by atoms with van der Waals surface area (Å²) >= 11 is 0. The van der Waals surface area contributed by atoms with E-state index in [2.05, 4.69) is 78.3 Å². The minimum Gasteiger partial charge on any atom is -0.423 e. The van der Waals surface area contributed by atoms with Crippen LogP contribution in [0.5, 0.6) is 0 Å². The molecule has 6 rings (SSSR count). The highest BCUT2D eigenvalue weighted by atomic mass is 28.3. The standard InChI is InChI=1S/C26H22BNO2Si/c1-31(2)25-11-7-6-10-19(25)22-15-21-20-14-17(27(29)30)12-13-23(20)28(24(21)16-26(22)31)18-8-4-3-5-9-18/h3-16,29-30H,1-2H3. The van der Waals surface area contributed by atoms with Crippen LogP contribution in [0.4, 0.5) is 0 Å². The van der Waals surface area contributed by atoms with Gasteiger partial charge in [0, 0.05) is 16.5 Å². The fraction of sp³-hybridized carbons (Fsp3) is 0.0769. The van der Waals surface area contributed by atoms with Gasteiger partial charge >= 0.3 is 7.12 Å². The first-order valence-electron chi connectivity index (χ1n) is 10.6. The average Bonchev–Trinajstić information content (AvgIpc) is 3.22. The van der Waals surface area contributed by atoms with E-state index in [0.29, 0.717) is 5.46 Å². The predicted octanol–water partition coefficient (Wildman–Crippen LogP) is 3.27. The Morgan fingerprint density at radius 2 is 1.39 bits per heavy atom. The van der Waals surface area contributed by atoms with Crippen LogP contribution >= 0.6 is 0 Å². The Labute approximate surface area is 182 Å². The van der Waals surface area contributed by atoms with Crippen LogP contribution in [-0.4, -0.2) is 29.8 Å². The van der Waals surface area contributed by atoms with Crippen LogP contribution in [0, 0.1) is 0 Å². The molecular weight excluding hydrogens is 397 g/mol. The summed E-state index contributed by atoms with van der Waals surface area (Å²) in [6.07, 6.45) is 0. The van der Waals surface area contributed by atoms with Crippen LogP contribution in [-0.2, 0) is 0 Å². The molecule has 2 N–H and O–H groups in total. The van der Waals surface area contributed by atoms with Gasteiger partial charge < -0.3 is 14.6 Å². The molecule has 5 aromatic rings. The molecule has 5 heteroatoms. The monoisotopic (exact) mass is 419 g/mol. The molecule has 0 fully saturated rings. The van der Waals surface area contributed by atoms with Crippen LogP contribution < -0.4 is 15.8 Å². The van der Waals surface area contributed by atoms with Gasteiger partial charge in [-0.15, -0.1) is 0 Å². The molecule has 0 amide bonds. The second-order valence-electron chi connectivity index (χ2n) is 8.91. The van der Waals surface area contributed by atoms with Crippen molar-refractivity contribution in [1.82, 2.24) is 4.57 Å². The van der Waals surface area contributed by atoms with Gasteiger partial charge in [0.05, 0.1) is 11.0 Å². The van der Waals surface area contributed by atoms with Gasteiger partial charge in [0.25, 0.3) is 0 Å². The van der Waals surface area contributed by atoms with E-state index in [1.807, 2.05) is 18.2 Å². The van der Waals surface area contributed by atoms with Crippen molar-refractivity contribution in [3.63, 3.8) is 0 Å². The number of nitrogens with zero attached hydrogens (tertiary/aromatic N) is 1. The third-order valence-electron chi connectivity index (χ3n) is 6.80. The van der Waals surface area contributed by atoms with Gasteiger partial charge in [0.1, 0.15) is 8.07 Å². The Balaban J connectivity index is 1.78. The second-order valence-corrected chi connectivity index (χ2v) is 13.2. The minimum absolute atomic E-state index is 0.509. The van der Waals surface area contributed by atoms with E-state index in [0.717, 1.165) is 27.5 Å². The molecule has 0 saturated heterocycles. The van der Waals surface area contributed by atoms with Crippen molar-refractivity contribution >= 4 is 52.8 Å². The van der Waals surface area contributed by atoms with Gasteiger partial charge in [-0.2, -0.15) is 0 Å². The zero-order chi connectivity index (χ0) is 21.3. The first-order chi connectivity index (χ1) is 15.0. The van der Waals surface area contributed by atoms with Crippen molar-refractivity contribution in [3.8, 4) is 16.8 Å². The number of aromatic nitrogens is 1. The Hall–Kier alpha value is -3.12. The lowest BCUT2D eigenvalue weighted by Crippen LogP contribution is -2.49. The van der Waals surface area contributed by atoms with Gasteiger partial charge in [-0.1, -0.05) is 67.7 Å². The second kappa shape index (κ2) is 6.44. The highest BCUT2D eigenvalue weighted by Gasteiger charge is 2.38. The van der Waals surface area contributed by atoms with Crippen LogP contribution in [0.3, 0.4) is 0 Å². The zero-order valence-corrected chi connectivity index (χ0v) is 18.5. The molecule has 31 heavy (non-hydrogen) atoms. The van der Waals surface area contributed by atoms with Gasteiger partial charge in [-0.05, 0) is 57.3 Å². The Morgan fingerprint density at radius 1 is 0.677 bits per heavy atom. The molecule has 0 aliphatic carbocycles. The van der Waals surface area contributed by atoms with E-state index in [1.54, 1.807) is 6.07 Å². The molecule has 0 bridgehead atoms. The Kier molecular flexibility index (Phi) is 3.87. The van der Waals surface area contributed by atoms with Crippen LogP contribution in [0.1, 0.15) is 0 Å². The smallest absolute Gasteiger partial charge is 0.423 e. The van der Waals surface area contributed by atoms with Crippen molar-refractivity contribution in [2.45, 2.75) is 13.1 Å². The summed E-state index contributed by atoms with van der Waals surface area (Å²) in [5.41, 5.74) is 6.52. The van der Waals surface area contributed by atoms with Crippen molar-refractivity contribution in [3.05, 3.63) is 84.9 Å². The summed E-state index contributed by atoms with van der Waals surface area (Å²) in [5.74, 6) is 0. The van der Waals surface area contributed by atoms with Crippen LogP contribution in [0.25, 0.3) is 38.6 Å². The van der Waals surface area contributed by atoms with Crippen molar-refractivity contribution < 1.29 is 10.0 Å². The van der Waals surface area contributed by atoms with Crippen LogP contribution in [0.2, 0.25) is 13.1 Å². The quantitative estimate of drug-likeness (QED) is 0.432. The molecule has 0 spiro atoms. The summed E-state index contributed by atoms with van der Waals surface area (Å²) in [7, 11) is -3.28. The number of para-hydroxylation sites is 1. The third-order valence-corrected chi connectivity index (χ3v) is 10.3. The van der Waals surface area contributed by atoms with Gasteiger partial charge in [-0.3, -0.25) is 0 Å². The van der Waals surface area contributed by atoms with Gasteiger partial charge in [0.15, 0.2) is 0 Å². The van der Waals surface area contributed by atoms with Gasteiger partial charge in [-0.25, -0.2) is 0 Å². The number of rotatable bonds is 2. The van der Waals surface area contributed by atoms with E-state index < -0.39 is 15.2 Å². The Bertz CT molecular complexity index is 1490. The summed E-state index contributed by atoms with van der Waals surface area (Å²) in [6.45, 7) is 4.86. The molecule has 3 nitrogen and oxygen atoms in total. The van der Waals surface area contributed by atoms with Crippen molar-refractivity contribution in [2.75, 3.05) is 0 Å². The maximum absolute atomic E-state index is 9.79. The van der Waals surface area contributed by atoms with E-state index in [-0.39, 0.29) is 0 Å². The molecular formula is C26H22BNO2Si. The normalized spacial score (nSPS) is 14.1. The first-order valence-corrected chi connectivity index (χ1v) is 13.6. The molecule has 0 unspecified atom stereocenters. The van der Waals surface area contributed by atoms with Crippen molar-refractivity contribution in [2.24, 2.45) is 0 Å². The maximum atomic E-state index is 9.79. The molecule has 0 saturated carbocycles. The molecule has 0 atom stereocenters. The third kappa shape index (κ3) is 2.54. The minimum atomic E-state index is -1.79. The van der Waals surface area contributed by atoms with Crippen molar-refractivity contribution in [1.29, 1.82) is 0 Å². The van der Waals surface area contributed by atoms with E-state index in [1.165, 1.54) is 21.5 Å². The summed E-state index contributed by atoms with van der Waals surface area (Å²) in [5, 5.41) is 24.7. The first kappa shape index (κ1) is 18.6. The van der Waals surface area contributed by atoms with E-state index in [4.69, 9.17) is 0 Å². The number of hydrogen-bond donors (Lipinski definition) is 2.